The molecule has 2 heteroatoms. The minimum Gasteiger partial charge on any atom is -0.465 e. The summed E-state index contributed by atoms with van der Waals surface area (Å²) in [5, 5.41) is 0. The van der Waals surface area contributed by atoms with Gasteiger partial charge in [-0.25, -0.2) is 0 Å². The summed E-state index contributed by atoms with van der Waals surface area (Å²) in [5.74, 6) is -0.0715. The van der Waals surface area contributed by atoms with E-state index in [-0.39, 0.29) is 11.4 Å². The number of esters is 1. The number of carbonyl (C=O) groups excluding carboxylic acids is 1. The van der Waals surface area contributed by atoms with Crippen LogP contribution in [0, 0.1) is 5.41 Å². The van der Waals surface area contributed by atoms with Gasteiger partial charge in [-0.05, 0) is 19.3 Å². The van der Waals surface area contributed by atoms with E-state index in [4.69, 9.17) is 4.74 Å². The Bertz CT molecular complexity index is 171. The normalized spacial score (nSPS) is 11.5. The number of ether oxygens (including phenoxy) is 1. The van der Waals surface area contributed by atoms with Crippen molar-refractivity contribution >= 4 is 5.97 Å². The van der Waals surface area contributed by atoms with E-state index in [1.807, 2.05) is 6.92 Å². The molecule has 0 aromatic rings. The maximum absolute atomic E-state index is 11.1. The molecule has 0 rings (SSSR count). The van der Waals surface area contributed by atoms with Crippen molar-refractivity contribution in [2.75, 3.05) is 6.61 Å². The highest BCUT2D eigenvalue weighted by molar-refractivity contribution is 5.68. The van der Waals surface area contributed by atoms with E-state index < -0.39 is 0 Å². The van der Waals surface area contributed by atoms with Gasteiger partial charge in [-0.2, -0.15) is 0 Å². The maximum atomic E-state index is 11.1. The van der Waals surface area contributed by atoms with Gasteiger partial charge in [-0.3, -0.25) is 4.79 Å². The van der Waals surface area contributed by atoms with Crippen LogP contribution in [0.2, 0.25) is 0 Å². The van der Waals surface area contributed by atoms with Gasteiger partial charge in [-0.1, -0.05) is 40.5 Å². The molecule has 0 fully saturated rings. The molecule has 2 nitrogen and oxygen atoms in total. The van der Waals surface area contributed by atoms with Crippen LogP contribution in [-0.4, -0.2) is 12.6 Å². The SMILES string of the molecule is CCCCC(CC)(CC)COC(=O)CC. The van der Waals surface area contributed by atoms with Crippen molar-refractivity contribution in [3.05, 3.63) is 0 Å². The van der Waals surface area contributed by atoms with Crippen LogP contribution in [0.1, 0.15) is 66.2 Å². The Morgan fingerprint density at radius 2 is 1.73 bits per heavy atom. The van der Waals surface area contributed by atoms with Crippen molar-refractivity contribution in [3.8, 4) is 0 Å². The van der Waals surface area contributed by atoms with Gasteiger partial charge in [0.25, 0.3) is 0 Å². The first kappa shape index (κ1) is 14.5. The lowest BCUT2D eigenvalue weighted by atomic mass is 9.78. The van der Waals surface area contributed by atoms with E-state index in [2.05, 4.69) is 20.8 Å². The summed E-state index contributed by atoms with van der Waals surface area (Å²) in [7, 11) is 0. The molecule has 15 heavy (non-hydrogen) atoms. The van der Waals surface area contributed by atoms with Gasteiger partial charge in [0.15, 0.2) is 0 Å². The Labute approximate surface area is 94.4 Å². The van der Waals surface area contributed by atoms with Gasteiger partial charge in [0, 0.05) is 11.8 Å². The van der Waals surface area contributed by atoms with Crippen LogP contribution >= 0.6 is 0 Å². The third-order valence-electron chi connectivity index (χ3n) is 3.39. The van der Waals surface area contributed by atoms with Gasteiger partial charge in [0.2, 0.25) is 0 Å². The number of hydrogen-bond acceptors (Lipinski definition) is 2. The zero-order chi connectivity index (χ0) is 11.7. The van der Waals surface area contributed by atoms with Crippen molar-refractivity contribution in [2.45, 2.75) is 66.2 Å². The van der Waals surface area contributed by atoms with Crippen molar-refractivity contribution < 1.29 is 9.53 Å². The average molecular weight is 214 g/mol. The number of unbranched alkanes of at least 4 members (excludes halogenated alkanes) is 1. The predicted molar refractivity (Wildman–Crippen MR) is 63.8 cm³/mol. The van der Waals surface area contributed by atoms with Crippen LogP contribution in [0.5, 0.6) is 0 Å². The van der Waals surface area contributed by atoms with Crippen molar-refractivity contribution in [2.24, 2.45) is 5.41 Å². The monoisotopic (exact) mass is 214 g/mol. The summed E-state index contributed by atoms with van der Waals surface area (Å²) >= 11 is 0. The molecule has 0 aromatic carbocycles. The lowest BCUT2D eigenvalue weighted by Gasteiger charge is -2.31. The second-order valence-corrected chi connectivity index (χ2v) is 4.32. The third kappa shape index (κ3) is 5.19. The molecule has 0 bridgehead atoms. The molecule has 0 spiro atoms. The van der Waals surface area contributed by atoms with Crippen LogP contribution < -0.4 is 0 Å². The first-order chi connectivity index (χ1) is 7.14. The van der Waals surface area contributed by atoms with Crippen LogP contribution in [-0.2, 0) is 9.53 Å². The highest BCUT2D eigenvalue weighted by atomic mass is 16.5. The highest BCUT2D eigenvalue weighted by Crippen LogP contribution is 2.33. The van der Waals surface area contributed by atoms with E-state index in [9.17, 15) is 4.79 Å². The van der Waals surface area contributed by atoms with Crippen LogP contribution in [0.15, 0.2) is 0 Å². The summed E-state index contributed by atoms with van der Waals surface area (Å²) in [4.78, 5) is 11.1. The van der Waals surface area contributed by atoms with Gasteiger partial charge in [-0.15, -0.1) is 0 Å². The Morgan fingerprint density at radius 1 is 1.13 bits per heavy atom. The minimum atomic E-state index is -0.0715. The van der Waals surface area contributed by atoms with Crippen molar-refractivity contribution in [3.63, 3.8) is 0 Å². The Balaban J connectivity index is 4.16. The predicted octanol–water partition coefficient (Wildman–Crippen LogP) is 3.94. The van der Waals surface area contributed by atoms with Crippen molar-refractivity contribution in [1.82, 2.24) is 0 Å². The minimum absolute atomic E-state index is 0.0715. The second kappa shape index (κ2) is 7.72. The molecule has 0 radical (unpaired) electrons. The molecule has 0 atom stereocenters. The molecule has 90 valence electrons. The first-order valence-corrected chi connectivity index (χ1v) is 6.29. The fourth-order valence-corrected chi connectivity index (χ4v) is 1.77. The summed E-state index contributed by atoms with van der Waals surface area (Å²) in [5.41, 5.74) is 0.223. The maximum Gasteiger partial charge on any atom is 0.305 e. The Kier molecular flexibility index (Phi) is 7.45. The molecular weight excluding hydrogens is 188 g/mol. The molecule has 0 aliphatic carbocycles. The summed E-state index contributed by atoms with van der Waals surface area (Å²) in [6.07, 6.45) is 6.29. The molecule has 0 N–H and O–H groups in total. The average Bonchev–Trinajstić information content (AvgIpc) is 2.30. The highest BCUT2D eigenvalue weighted by Gasteiger charge is 2.26. The number of rotatable bonds is 8. The largest absolute Gasteiger partial charge is 0.465 e. The van der Waals surface area contributed by atoms with E-state index in [1.54, 1.807) is 0 Å². The second-order valence-electron chi connectivity index (χ2n) is 4.32. The van der Waals surface area contributed by atoms with E-state index in [1.165, 1.54) is 19.3 Å². The molecule has 0 heterocycles. The molecule has 0 aliphatic heterocycles. The van der Waals surface area contributed by atoms with E-state index in [0.29, 0.717) is 13.0 Å². The molecule has 0 amide bonds. The van der Waals surface area contributed by atoms with Crippen LogP contribution in [0.3, 0.4) is 0 Å². The molecule has 0 saturated carbocycles. The topological polar surface area (TPSA) is 26.3 Å². The van der Waals surface area contributed by atoms with Crippen molar-refractivity contribution in [1.29, 1.82) is 0 Å². The molecule has 0 aliphatic rings. The molecule has 0 saturated heterocycles. The van der Waals surface area contributed by atoms with Gasteiger partial charge in [0.1, 0.15) is 0 Å². The number of hydrogen-bond donors (Lipinski definition) is 0. The Morgan fingerprint density at radius 3 is 2.13 bits per heavy atom. The third-order valence-corrected chi connectivity index (χ3v) is 3.39. The lowest BCUT2D eigenvalue weighted by molar-refractivity contribution is -0.147. The smallest absolute Gasteiger partial charge is 0.305 e. The van der Waals surface area contributed by atoms with E-state index in [0.717, 1.165) is 12.8 Å². The number of carbonyl (C=O) groups is 1. The summed E-state index contributed by atoms with van der Waals surface area (Å²) < 4.78 is 5.30. The summed E-state index contributed by atoms with van der Waals surface area (Å²) in [6.45, 7) is 9.03. The first-order valence-electron chi connectivity index (χ1n) is 6.29. The molecule has 0 aromatic heterocycles. The zero-order valence-corrected chi connectivity index (χ0v) is 10.8. The summed E-state index contributed by atoms with van der Waals surface area (Å²) in [6, 6.07) is 0. The lowest BCUT2D eigenvalue weighted by Crippen LogP contribution is -2.27. The fraction of sp³-hybridized carbons (Fsp3) is 0.923. The molecule has 0 unspecified atom stereocenters. The van der Waals surface area contributed by atoms with E-state index >= 15 is 0 Å². The zero-order valence-electron chi connectivity index (χ0n) is 10.8. The quantitative estimate of drug-likeness (QED) is 0.572. The standard InChI is InChI=1S/C13H26O2/c1-5-9-10-13(7-3,8-4)11-15-12(14)6-2/h5-11H2,1-4H3. The van der Waals surface area contributed by atoms with Gasteiger partial charge in [0.05, 0.1) is 6.61 Å². The van der Waals surface area contributed by atoms with Gasteiger partial charge >= 0.3 is 5.97 Å². The van der Waals surface area contributed by atoms with Crippen LogP contribution in [0.4, 0.5) is 0 Å². The fourth-order valence-electron chi connectivity index (χ4n) is 1.77. The van der Waals surface area contributed by atoms with Gasteiger partial charge < -0.3 is 4.74 Å². The Hall–Kier alpha value is -0.530. The van der Waals surface area contributed by atoms with Crippen LogP contribution in [0.25, 0.3) is 0 Å². The molecular formula is C13H26O2.